The van der Waals surface area contributed by atoms with Gasteiger partial charge in [-0.25, -0.2) is 13.6 Å². The van der Waals surface area contributed by atoms with Crippen LogP contribution in [0.25, 0.3) is 0 Å². The molecule has 1 aliphatic heterocycles. The van der Waals surface area contributed by atoms with E-state index in [4.69, 9.17) is 9.88 Å². The van der Waals surface area contributed by atoms with Crippen LogP contribution in [-0.2, 0) is 14.8 Å². The first-order valence-electron chi connectivity index (χ1n) is 6.64. The first kappa shape index (κ1) is 18.7. The van der Waals surface area contributed by atoms with E-state index in [0.717, 1.165) is 19.4 Å². The van der Waals surface area contributed by atoms with Crippen LogP contribution >= 0.6 is 12.4 Å². The number of carbonyl (C=O) groups excluding carboxylic acids is 1. The fourth-order valence-electron chi connectivity index (χ4n) is 2.27. The van der Waals surface area contributed by atoms with Gasteiger partial charge < -0.3 is 15.4 Å². The van der Waals surface area contributed by atoms with Gasteiger partial charge in [0.15, 0.2) is 0 Å². The van der Waals surface area contributed by atoms with Crippen LogP contribution in [0.15, 0.2) is 23.1 Å². The molecule has 0 bridgehead atoms. The molecule has 7 nitrogen and oxygen atoms in total. The highest BCUT2D eigenvalue weighted by Gasteiger charge is 2.22. The predicted octanol–water partition coefficient (Wildman–Crippen LogP) is 0.702. The maximum atomic E-state index is 12.2. The smallest absolute Gasteiger partial charge is 0.238 e. The lowest BCUT2D eigenvalue weighted by Crippen LogP contribution is -2.37. The molecule has 22 heavy (non-hydrogen) atoms. The van der Waals surface area contributed by atoms with Gasteiger partial charge in [0, 0.05) is 6.54 Å². The van der Waals surface area contributed by atoms with Crippen molar-refractivity contribution in [2.45, 2.75) is 17.7 Å². The Kier molecular flexibility index (Phi) is 6.61. The monoisotopic (exact) mass is 349 g/mol. The van der Waals surface area contributed by atoms with Crippen LogP contribution in [0.5, 0.6) is 5.75 Å². The second kappa shape index (κ2) is 7.77. The number of hydrogen-bond acceptors (Lipinski definition) is 5. The van der Waals surface area contributed by atoms with Crippen molar-refractivity contribution in [3.05, 3.63) is 18.2 Å². The number of hydrogen-bond donors (Lipinski definition) is 3. The van der Waals surface area contributed by atoms with E-state index in [1.54, 1.807) is 0 Å². The molecule has 1 aromatic carbocycles. The van der Waals surface area contributed by atoms with Gasteiger partial charge in [-0.2, -0.15) is 0 Å². The SMILES string of the molecule is COc1ccc(S(N)(=O)=O)cc1NC(=O)[C@@H]1CCCNC1.Cl. The van der Waals surface area contributed by atoms with Crippen molar-refractivity contribution in [2.75, 3.05) is 25.5 Å². The molecular weight excluding hydrogens is 330 g/mol. The molecule has 1 heterocycles. The molecule has 0 aromatic heterocycles. The lowest BCUT2D eigenvalue weighted by Gasteiger charge is -2.22. The number of rotatable bonds is 4. The van der Waals surface area contributed by atoms with E-state index in [1.807, 2.05) is 0 Å². The normalized spacial score (nSPS) is 18.2. The van der Waals surface area contributed by atoms with Crippen LogP contribution < -0.4 is 20.5 Å². The van der Waals surface area contributed by atoms with Crippen molar-refractivity contribution in [1.82, 2.24) is 5.32 Å². The Labute approximate surface area is 136 Å². The molecular formula is C13H20ClN3O4S. The molecule has 124 valence electrons. The molecule has 1 aromatic rings. The lowest BCUT2D eigenvalue weighted by molar-refractivity contribution is -0.120. The Balaban J connectivity index is 0.00000242. The first-order chi connectivity index (χ1) is 9.91. The van der Waals surface area contributed by atoms with Crippen molar-refractivity contribution >= 4 is 34.0 Å². The molecule has 0 saturated carbocycles. The average Bonchev–Trinajstić information content (AvgIpc) is 2.47. The summed E-state index contributed by atoms with van der Waals surface area (Å²) in [7, 11) is -2.38. The van der Waals surface area contributed by atoms with Crippen LogP contribution in [-0.4, -0.2) is 34.5 Å². The van der Waals surface area contributed by atoms with Gasteiger partial charge in [0.05, 0.1) is 23.6 Å². The van der Waals surface area contributed by atoms with Crippen LogP contribution in [0.2, 0.25) is 0 Å². The summed E-state index contributed by atoms with van der Waals surface area (Å²) in [5, 5.41) is 11.0. The van der Waals surface area contributed by atoms with Crippen molar-refractivity contribution in [2.24, 2.45) is 11.1 Å². The molecule has 0 unspecified atom stereocenters. The summed E-state index contributed by atoms with van der Waals surface area (Å²) >= 11 is 0. The number of carbonyl (C=O) groups is 1. The van der Waals surface area contributed by atoms with E-state index < -0.39 is 10.0 Å². The quantitative estimate of drug-likeness (QED) is 0.741. The average molecular weight is 350 g/mol. The Morgan fingerprint density at radius 2 is 2.18 bits per heavy atom. The summed E-state index contributed by atoms with van der Waals surface area (Å²) in [6, 6.07) is 4.11. The fourth-order valence-corrected chi connectivity index (χ4v) is 2.81. The lowest BCUT2D eigenvalue weighted by atomic mass is 9.99. The van der Waals surface area contributed by atoms with Crippen molar-refractivity contribution in [1.29, 1.82) is 0 Å². The molecule has 1 saturated heterocycles. The number of nitrogens with two attached hydrogens (primary N) is 1. The molecule has 4 N–H and O–H groups in total. The van der Waals surface area contributed by atoms with Gasteiger partial charge in [-0.3, -0.25) is 4.79 Å². The maximum absolute atomic E-state index is 12.2. The number of benzene rings is 1. The minimum absolute atomic E-state index is 0. The van der Waals surface area contributed by atoms with E-state index in [-0.39, 0.29) is 29.1 Å². The topological polar surface area (TPSA) is 111 Å². The standard InChI is InChI=1S/C13H19N3O4S.ClH/c1-20-12-5-4-10(21(14,18)19)7-11(12)16-13(17)9-3-2-6-15-8-9;/h4-5,7,9,15H,2-3,6,8H2,1H3,(H,16,17)(H2,14,18,19);1H/t9-;/m1./s1. The van der Waals surface area contributed by atoms with Crippen LogP contribution in [0.3, 0.4) is 0 Å². The third-order valence-corrected chi connectivity index (χ3v) is 4.34. The van der Waals surface area contributed by atoms with Crippen molar-refractivity contribution < 1.29 is 17.9 Å². The molecule has 0 spiro atoms. The van der Waals surface area contributed by atoms with E-state index in [0.29, 0.717) is 18.0 Å². The van der Waals surface area contributed by atoms with Crippen molar-refractivity contribution in [3.8, 4) is 5.75 Å². The molecule has 0 aliphatic carbocycles. The zero-order valence-corrected chi connectivity index (χ0v) is 13.8. The summed E-state index contributed by atoms with van der Waals surface area (Å²) in [5.74, 6) is 0.0909. The van der Waals surface area contributed by atoms with Gasteiger partial charge in [0.1, 0.15) is 5.75 Å². The Hall–Kier alpha value is -1.35. The number of ether oxygens (including phenoxy) is 1. The van der Waals surface area contributed by atoms with Crippen molar-refractivity contribution in [3.63, 3.8) is 0 Å². The van der Waals surface area contributed by atoms with Gasteiger partial charge in [-0.05, 0) is 37.6 Å². The number of halogens is 1. The third kappa shape index (κ3) is 4.57. The van der Waals surface area contributed by atoms with Crippen LogP contribution in [0.1, 0.15) is 12.8 Å². The predicted molar refractivity (Wildman–Crippen MR) is 85.8 cm³/mol. The second-order valence-electron chi connectivity index (χ2n) is 4.94. The second-order valence-corrected chi connectivity index (χ2v) is 6.50. The van der Waals surface area contributed by atoms with Crippen LogP contribution in [0, 0.1) is 5.92 Å². The highest BCUT2D eigenvalue weighted by atomic mass is 35.5. The largest absolute Gasteiger partial charge is 0.495 e. The van der Waals surface area contributed by atoms with Gasteiger partial charge >= 0.3 is 0 Å². The van der Waals surface area contributed by atoms with E-state index in [9.17, 15) is 13.2 Å². The Morgan fingerprint density at radius 3 is 2.73 bits per heavy atom. The summed E-state index contributed by atoms with van der Waals surface area (Å²) in [6.07, 6.45) is 1.74. The zero-order chi connectivity index (χ0) is 15.5. The highest BCUT2D eigenvalue weighted by molar-refractivity contribution is 7.89. The van der Waals surface area contributed by atoms with E-state index in [2.05, 4.69) is 10.6 Å². The molecule has 1 amide bonds. The van der Waals surface area contributed by atoms with E-state index >= 15 is 0 Å². The fraction of sp³-hybridized carbons (Fsp3) is 0.462. The Bertz CT molecular complexity index is 630. The van der Waals surface area contributed by atoms with Gasteiger partial charge in [-0.15, -0.1) is 12.4 Å². The molecule has 0 radical (unpaired) electrons. The maximum Gasteiger partial charge on any atom is 0.238 e. The number of amides is 1. The molecule has 9 heteroatoms. The van der Waals surface area contributed by atoms with E-state index in [1.165, 1.54) is 25.3 Å². The minimum Gasteiger partial charge on any atom is -0.495 e. The zero-order valence-electron chi connectivity index (χ0n) is 12.2. The minimum atomic E-state index is -3.83. The van der Waals surface area contributed by atoms with Gasteiger partial charge in [-0.1, -0.05) is 0 Å². The number of piperidine rings is 1. The summed E-state index contributed by atoms with van der Waals surface area (Å²) in [6.45, 7) is 1.52. The third-order valence-electron chi connectivity index (χ3n) is 3.43. The number of sulfonamides is 1. The van der Waals surface area contributed by atoms with Gasteiger partial charge in [0.25, 0.3) is 0 Å². The Morgan fingerprint density at radius 1 is 1.45 bits per heavy atom. The first-order valence-corrected chi connectivity index (χ1v) is 8.19. The number of primary sulfonamides is 1. The molecule has 1 fully saturated rings. The summed E-state index contributed by atoms with van der Waals surface area (Å²) < 4.78 is 27.9. The highest BCUT2D eigenvalue weighted by Crippen LogP contribution is 2.28. The summed E-state index contributed by atoms with van der Waals surface area (Å²) in [4.78, 5) is 12.1. The molecule has 2 rings (SSSR count). The molecule has 1 atom stereocenters. The number of anilines is 1. The number of methoxy groups -OCH3 is 1. The molecule has 1 aliphatic rings. The summed E-state index contributed by atoms with van der Waals surface area (Å²) in [5.41, 5.74) is 0.305. The van der Waals surface area contributed by atoms with Gasteiger partial charge in [0.2, 0.25) is 15.9 Å². The number of nitrogens with one attached hydrogen (secondary N) is 2. The van der Waals surface area contributed by atoms with Crippen LogP contribution in [0.4, 0.5) is 5.69 Å².